The Bertz CT molecular complexity index is 507. The van der Waals surface area contributed by atoms with Gasteiger partial charge >= 0.3 is 0 Å². The minimum absolute atomic E-state index is 0.309. The minimum atomic E-state index is 0.309. The zero-order valence-corrected chi connectivity index (χ0v) is 11.2. The molecule has 90 valence electrons. The molecule has 0 unspecified atom stereocenters. The number of hydrogen-bond donors (Lipinski definition) is 1. The molecule has 0 aliphatic heterocycles. The van der Waals surface area contributed by atoms with E-state index in [0.29, 0.717) is 5.75 Å². The second-order valence-electron chi connectivity index (χ2n) is 3.76. The Kier molecular flexibility index (Phi) is 4.45. The summed E-state index contributed by atoms with van der Waals surface area (Å²) in [6.45, 7) is 3.71. The molecule has 1 N–H and O–H groups in total. The van der Waals surface area contributed by atoms with Crippen LogP contribution in [0.5, 0.6) is 5.75 Å². The maximum atomic E-state index is 9.38. The fourth-order valence-corrected chi connectivity index (χ4v) is 3.68. The van der Waals surface area contributed by atoms with E-state index in [9.17, 15) is 5.11 Å². The molecule has 2 rings (SSSR count). The zero-order valence-electron chi connectivity index (χ0n) is 9.56. The van der Waals surface area contributed by atoms with Crippen molar-refractivity contribution < 1.29 is 5.11 Å². The monoisotopic (exact) mass is 265 g/mol. The van der Waals surface area contributed by atoms with Crippen LogP contribution in [0.25, 0.3) is 10.2 Å². The Morgan fingerprint density at radius 1 is 1.41 bits per heavy atom. The van der Waals surface area contributed by atoms with E-state index < -0.39 is 0 Å². The first kappa shape index (κ1) is 12.5. The molecule has 0 saturated heterocycles. The van der Waals surface area contributed by atoms with E-state index in [1.165, 1.54) is 12.8 Å². The van der Waals surface area contributed by atoms with E-state index in [1.54, 1.807) is 35.2 Å². The van der Waals surface area contributed by atoms with Gasteiger partial charge in [0.1, 0.15) is 5.75 Å². The van der Waals surface area contributed by atoms with Gasteiger partial charge in [-0.05, 0) is 37.5 Å². The van der Waals surface area contributed by atoms with Gasteiger partial charge in [-0.3, -0.25) is 0 Å². The van der Waals surface area contributed by atoms with E-state index in [4.69, 9.17) is 0 Å². The molecule has 1 aromatic carbocycles. The van der Waals surface area contributed by atoms with Gasteiger partial charge in [0.25, 0.3) is 0 Å². The smallest absolute Gasteiger partial charge is 0.151 e. The topological polar surface area (TPSA) is 33.1 Å². The summed E-state index contributed by atoms with van der Waals surface area (Å²) in [6.07, 6.45) is 5.44. The average Bonchev–Trinajstić information content (AvgIpc) is 2.70. The second kappa shape index (κ2) is 6.07. The summed E-state index contributed by atoms with van der Waals surface area (Å²) in [6, 6.07) is 5.32. The van der Waals surface area contributed by atoms with Crippen LogP contribution in [-0.4, -0.2) is 15.8 Å². The molecule has 0 amide bonds. The summed E-state index contributed by atoms with van der Waals surface area (Å²) in [4.78, 5) is 4.52. The molecule has 2 nitrogen and oxygen atoms in total. The number of phenols is 1. The number of nitrogens with zero attached hydrogens (tertiary/aromatic N) is 1. The number of thioether (sulfide) groups is 1. The molecule has 0 aliphatic rings. The van der Waals surface area contributed by atoms with Crippen molar-refractivity contribution in [1.29, 1.82) is 0 Å². The predicted molar refractivity (Wildman–Crippen MR) is 76.1 cm³/mol. The Hall–Kier alpha value is -1.000. The van der Waals surface area contributed by atoms with Crippen LogP contribution < -0.4 is 0 Å². The molecule has 0 aliphatic carbocycles. The van der Waals surface area contributed by atoms with Crippen molar-refractivity contribution in [3.63, 3.8) is 0 Å². The molecule has 0 fully saturated rings. The summed E-state index contributed by atoms with van der Waals surface area (Å²) in [5.74, 6) is 1.41. The van der Waals surface area contributed by atoms with Crippen molar-refractivity contribution in [3.05, 3.63) is 30.9 Å². The third-order valence-corrected chi connectivity index (χ3v) is 4.63. The van der Waals surface area contributed by atoms with Crippen LogP contribution in [0.1, 0.15) is 19.3 Å². The molecular formula is C13H15NOS2. The van der Waals surface area contributed by atoms with Crippen LogP contribution in [0.2, 0.25) is 0 Å². The van der Waals surface area contributed by atoms with Gasteiger partial charge in [-0.1, -0.05) is 17.8 Å². The maximum Gasteiger partial charge on any atom is 0.151 e. The van der Waals surface area contributed by atoms with Gasteiger partial charge in [-0.25, -0.2) is 4.98 Å². The summed E-state index contributed by atoms with van der Waals surface area (Å²) in [7, 11) is 0. The lowest BCUT2D eigenvalue weighted by Crippen LogP contribution is -1.79. The normalized spacial score (nSPS) is 10.8. The fourth-order valence-electron chi connectivity index (χ4n) is 1.50. The van der Waals surface area contributed by atoms with Gasteiger partial charge in [0.15, 0.2) is 4.34 Å². The van der Waals surface area contributed by atoms with E-state index in [1.807, 2.05) is 12.1 Å². The van der Waals surface area contributed by atoms with Crippen molar-refractivity contribution in [1.82, 2.24) is 4.98 Å². The van der Waals surface area contributed by atoms with E-state index in [0.717, 1.165) is 26.7 Å². The van der Waals surface area contributed by atoms with Crippen LogP contribution in [0, 0.1) is 0 Å². The maximum absolute atomic E-state index is 9.38. The van der Waals surface area contributed by atoms with Crippen molar-refractivity contribution >= 4 is 33.3 Å². The van der Waals surface area contributed by atoms with Gasteiger partial charge in [0.2, 0.25) is 0 Å². The lowest BCUT2D eigenvalue weighted by Gasteiger charge is -1.95. The van der Waals surface area contributed by atoms with Crippen LogP contribution in [0.4, 0.5) is 0 Å². The number of phenolic OH excluding ortho intramolecular Hbond substituents is 1. The van der Waals surface area contributed by atoms with E-state index in [-0.39, 0.29) is 0 Å². The van der Waals surface area contributed by atoms with Gasteiger partial charge < -0.3 is 5.11 Å². The number of fused-ring (bicyclic) bond motifs is 1. The molecule has 0 saturated carbocycles. The number of allylic oxidation sites excluding steroid dienone is 1. The Labute approximate surface area is 109 Å². The van der Waals surface area contributed by atoms with Crippen LogP contribution >= 0.6 is 23.1 Å². The Balaban J connectivity index is 1.93. The molecular weight excluding hydrogens is 250 g/mol. The van der Waals surface area contributed by atoms with Gasteiger partial charge in [0, 0.05) is 5.75 Å². The van der Waals surface area contributed by atoms with Crippen molar-refractivity contribution in [2.45, 2.75) is 23.6 Å². The van der Waals surface area contributed by atoms with E-state index in [2.05, 4.69) is 11.6 Å². The number of aromatic hydroxyl groups is 1. The molecule has 0 bridgehead atoms. The number of thiazole rings is 1. The molecule has 17 heavy (non-hydrogen) atoms. The molecule has 2 aromatic rings. The third kappa shape index (κ3) is 3.48. The quantitative estimate of drug-likeness (QED) is 0.476. The summed E-state index contributed by atoms with van der Waals surface area (Å²) < 4.78 is 2.14. The Morgan fingerprint density at radius 2 is 2.29 bits per heavy atom. The van der Waals surface area contributed by atoms with Crippen molar-refractivity contribution in [2.24, 2.45) is 0 Å². The minimum Gasteiger partial charge on any atom is -0.508 e. The highest BCUT2D eigenvalue weighted by molar-refractivity contribution is 8.01. The first-order valence-electron chi connectivity index (χ1n) is 5.63. The molecule has 0 radical (unpaired) electrons. The number of rotatable bonds is 6. The number of benzene rings is 1. The molecule has 0 atom stereocenters. The van der Waals surface area contributed by atoms with Gasteiger partial charge in [0.05, 0.1) is 10.2 Å². The summed E-state index contributed by atoms with van der Waals surface area (Å²) in [5, 5.41) is 9.38. The highest BCUT2D eigenvalue weighted by Crippen LogP contribution is 2.31. The van der Waals surface area contributed by atoms with Gasteiger partial charge in [-0.15, -0.1) is 17.9 Å². The first-order valence-corrected chi connectivity index (χ1v) is 7.43. The summed E-state index contributed by atoms with van der Waals surface area (Å²) in [5.41, 5.74) is 0.974. The standard InChI is InChI=1S/C13H15NOS2/c1-2-3-4-5-8-16-13-14-11-7-6-10(15)9-12(11)17-13/h2,6-7,9,15H,1,3-5,8H2. The molecule has 0 spiro atoms. The highest BCUT2D eigenvalue weighted by Gasteiger charge is 2.04. The largest absolute Gasteiger partial charge is 0.508 e. The summed E-state index contributed by atoms with van der Waals surface area (Å²) >= 11 is 3.44. The van der Waals surface area contributed by atoms with Crippen molar-refractivity contribution in [3.8, 4) is 5.75 Å². The SMILES string of the molecule is C=CCCCCSc1nc2ccc(O)cc2s1. The molecule has 4 heteroatoms. The van der Waals surface area contributed by atoms with Gasteiger partial charge in [-0.2, -0.15) is 0 Å². The van der Waals surface area contributed by atoms with Crippen LogP contribution in [0.3, 0.4) is 0 Å². The third-order valence-electron chi connectivity index (χ3n) is 2.38. The predicted octanol–water partition coefficient (Wildman–Crippen LogP) is 4.45. The zero-order chi connectivity index (χ0) is 12.1. The fraction of sp³-hybridized carbons (Fsp3) is 0.308. The second-order valence-corrected chi connectivity index (χ2v) is 6.14. The number of aromatic nitrogens is 1. The molecule has 1 heterocycles. The Morgan fingerprint density at radius 3 is 3.12 bits per heavy atom. The first-order chi connectivity index (χ1) is 8.29. The number of hydrogen-bond acceptors (Lipinski definition) is 4. The van der Waals surface area contributed by atoms with E-state index >= 15 is 0 Å². The van der Waals surface area contributed by atoms with Crippen molar-refractivity contribution in [2.75, 3.05) is 5.75 Å². The number of unbranched alkanes of at least 4 members (excludes halogenated alkanes) is 2. The molecule has 1 aromatic heterocycles. The lowest BCUT2D eigenvalue weighted by atomic mass is 10.2. The highest BCUT2D eigenvalue weighted by atomic mass is 32.2. The van der Waals surface area contributed by atoms with Crippen LogP contribution in [-0.2, 0) is 0 Å². The van der Waals surface area contributed by atoms with Crippen LogP contribution in [0.15, 0.2) is 35.2 Å². The average molecular weight is 265 g/mol. The lowest BCUT2D eigenvalue weighted by molar-refractivity contribution is 0.476.